The van der Waals surface area contributed by atoms with E-state index in [1.54, 1.807) is 6.07 Å². The van der Waals surface area contributed by atoms with Crippen LogP contribution < -0.4 is 5.32 Å². The quantitative estimate of drug-likeness (QED) is 0.850. The zero-order valence-corrected chi connectivity index (χ0v) is 11.5. The zero-order valence-electron chi connectivity index (χ0n) is 11.5. The monoisotopic (exact) mass is 263 g/mol. The van der Waals surface area contributed by atoms with Crippen LogP contribution in [-0.4, -0.2) is 46.6 Å². The first kappa shape index (κ1) is 13.8. The van der Waals surface area contributed by atoms with E-state index in [4.69, 9.17) is 5.11 Å². The smallest absolute Gasteiger partial charge is 0.339 e. The van der Waals surface area contributed by atoms with E-state index in [0.29, 0.717) is 5.69 Å². The molecule has 2 heterocycles. The van der Waals surface area contributed by atoms with Gasteiger partial charge in [0.1, 0.15) is 5.56 Å². The molecule has 104 valence electrons. The Balaban J connectivity index is 2.04. The molecule has 0 bridgehead atoms. The Morgan fingerprint density at radius 2 is 2.21 bits per heavy atom. The summed E-state index contributed by atoms with van der Waals surface area (Å²) < 4.78 is 0. The van der Waals surface area contributed by atoms with E-state index < -0.39 is 5.97 Å². The van der Waals surface area contributed by atoms with Gasteiger partial charge in [-0.1, -0.05) is 0 Å². The molecule has 0 aromatic carbocycles. The van der Waals surface area contributed by atoms with Gasteiger partial charge in [-0.05, 0) is 45.8 Å². The average molecular weight is 263 g/mol. The molecule has 1 atom stereocenters. The van der Waals surface area contributed by atoms with Gasteiger partial charge in [-0.3, -0.25) is 4.98 Å². The first-order valence-electron chi connectivity index (χ1n) is 6.75. The molecule has 1 fully saturated rings. The summed E-state index contributed by atoms with van der Waals surface area (Å²) in [5, 5.41) is 12.5. The molecule has 1 aromatic heterocycles. The normalized spacial score (nSPS) is 17.4. The Hall–Kier alpha value is -1.62. The van der Waals surface area contributed by atoms with Crippen LogP contribution in [0.1, 0.15) is 35.8 Å². The summed E-state index contributed by atoms with van der Waals surface area (Å²) in [7, 11) is 0. The lowest BCUT2D eigenvalue weighted by atomic mass is 10.2. The second-order valence-corrected chi connectivity index (χ2v) is 5.23. The van der Waals surface area contributed by atoms with Gasteiger partial charge in [-0.25, -0.2) is 4.79 Å². The Labute approximate surface area is 113 Å². The lowest BCUT2D eigenvalue weighted by molar-refractivity contribution is 0.0697. The van der Waals surface area contributed by atoms with Crippen LogP contribution in [0.5, 0.6) is 0 Å². The van der Waals surface area contributed by atoms with Crippen molar-refractivity contribution < 1.29 is 9.90 Å². The lowest BCUT2D eigenvalue weighted by Crippen LogP contribution is -2.33. The number of carboxylic acids is 1. The Bertz CT molecular complexity index is 456. The minimum atomic E-state index is -0.941. The molecule has 0 radical (unpaired) electrons. The number of carbonyl (C=O) groups is 1. The van der Waals surface area contributed by atoms with Crippen LogP contribution in [-0.2, 0) is 0 Å². The van der Waals surface area contributed by atoms with Gasteiger partial charge in [-0.2, -0.15) is 0 Å². The lowest BCUT2D eigenvalue weighted by Gasteiger charge is -2.22. The second kappa shape index (κ2) is 6.02. The molecule has 5 nitrogen and oxygen atoms in total. The van der Waals surface area contributed by atoms with E-state index in [-0.39, 0.29) is 11.6 Å². The number of aromatic carboxylic acids is 1. The number of nitrogens with one attached hydrogen (secondary N) is 1. The number of pyridine rings is 1. The molecule has 19 heavy (non-hydrogen) atoms. The van der Waals surface area contributed by atoms with E-state index in [0.717, 1.165) is 25.3 Å². The molecule has 1 saturated heterocycles. The number of hydrogen-bond acceptors (Lipinski definition) is 4. The third-order valence-electron chi connectivity index (χ3n) is 3.40. The fourth-order valence-electron chi connectivity index (χ4n) is 2.51. The Morgan fingerprint density at radius 3 is 2.84 bits per heavy atom. The molecule has 1 aliphatic heterocycles. The Kier molecular flexibility index (Phi) is 4.37. The summed E-state index contributed by atoms with van der Waals surface area (Å²) in [6.07, 6.45) is 3.95. The predicted octanol–water partition coefficient (Wildman–Crippen LogP) is 1.98. The Morgan fingerprint density at radius 1 is 1.53 bits per heavy atom. The summed E-state index contributed by atoms with van der Waals surface area (Å²) in [6.45, 7) is 7.18. The number of aryl methyl sites for hydroxylation is 1. The molecule has 1 aromatic rings. The number of aromatic nitrogens is 1. The molecule has 1 aliphatic rings. The molecule has 0 spiro atoms. The second-order valence-electron chi connectivity index (χ2n) is 5.23. The summed E-state index contributed by atoms with van der Waals surface area (Å²) in [5.41, 5.74) is 1.71. The highest BCUT2D eigenvalue weighted by atomic mass is 16.4. The maximum absolute atomic E-state index is 11.2. The van der Waals surface area contributed by atoms with Crippen molar-refractivity contribution in [3.63, 3.8) is 0 Å². The van der Waals surface area contributed by atoms with Crippen molar-refractivity contribution in [2.45, 2.75) is 32.7 Å². The van der Waals surface area contributed by atoms with Gasteiger partial charge in [0.2, 0.25) is 0 Å². The highest BCUT2D eigenvalue weighted by Crippen LogP contribution is 2.17. The van der Waals surface area contributed by atoms with Crippen molar-refractivity contribution in [2.75, 3.05) is 25.0 Å². The number of nitrogens with zero attached hydrogens (tertiary/aromatic N) is 2. The summed E-state index contributed by atoms with van der Waals surface area (Å²) in [6, 6.07) is 2.02. The van der Waals surface area contributed by atoms with E-state index >= 15 is 0 Å². The summed E-state index contributed by atoms with van der Waals surface area (Å²) >= 11 is 0. The standard InChI is InChI=1S/C14H21N3O2/c1-10-7-13(12(8-15-10)14(18)19)16-11(2)9-17-5-3-4-6-17/h7-8,11H,3-6,9H2,1-2H3,(H,15,16)(H,18,19). The van der Waals surface area contributed by atoms with Crippen LogP contribution in [0.4, 0.5) is 5.69 Å². The molecular formula is C14H21N3O2. The van der Waals surface area contributed by atoms with Gasteiger partial charge < -0.3 is 15.3 Å². The zero-order chi connectivity index (χ0) is 13.8. The SMILES string of the molecule is Cc1cc(NC(C)CN2CCCC2)c(C(=O)O)cn1. The number of anilines is 1. The molecule has 2 rings (SSSR count). The number of hydrogen-bond donors (Lipinski definition) is 2. The minimum Gasteiger partial charge on any atom is -0.478 e. The van der Waals surface area contributed by atoms with Gasteiger partial charge in [-0.15, -0.1) is 0 Å². The first-order valence-corrected chi connectivity index (χ1v) is 6.75. The van der Waals surface area contributed by atoms with Crippen molar-refractivity contribution in [2.24, 2.45) is 0 Å². The van der Waals surface area contributed by atoms with E-state index in [1.807, 2.05) is 6.92 Å². The number of rotatable bonds is 5. The highest BCUT2D eigenvalue weighted by Gasteiger charge is 2.17. The highest BCUT2D eigenvalue weighted by molar-refractivity contribution is 5.93. The van der Waals surface area contributed by atoms with Crippen molar-refractivity contribution in [1.82, 2.24) is 9.88 Å². The third kappa shape index (κ3) is 3.67. The van der Waals surface area contributed by atoms with E-state index in [1.165, 1.54) is 19.0 Å². The van der Waals surface area contributed by atoms with Crippen LogP contribution in [0.3, 0.4) is 0 Å². The molecular weight excluding hydrogens is 242 g/mol. The molecule has 0 saturated carbocycles. The van der Waals surface area contributed by atoms with E-state index in [2.05, 4.69) is 22.1 Å². The fourth-order valence-corrected chi connectivity index (χ4v) is 2.51. The fraction of sp³-hybridized carbons (Fsp3) is 0.571. The molecule has 5 heteroatoms. The minimum absolute atomic E-state index is 0.220. The van der Waals surface area contributed by atoms with E-state index in [9.17, 15) is 4.79 Å². The largest absolute Gasteiger partial charge is 0.478 e. The molecule has 0 aliphatic carbocycles. The molecule has 2 N–H and O–H groups in total. The third-order valence-corrected chi connectivity index (χ3v) is 3.40. The van der Waals surface area contributed by atoms with Gasteiger partial charge >= 0.3 is 5.97 Å². The maximum Gasteiger partial charge on any atom is 0.339 e. The molecule has 0 amide bonds. The van der Waals surface area contributed by atoms with Gasteiger partial charge in [0.05, 0.1) is 5.69 Å². The number of likely N-dealkylation sites (tertiary alicyclic amines) is 1. The van der Waals surface area contributed by atoms with Crippen molar-refractivity contribution in [3.8, 4) is 0 Å². The number of carboxylic acid groups (broad SMARTS) is 1. The topological polar surface area (TPSA) is 65.5 Å². The van der Waals surface area contributed by atoms with Gasteiger partial charge in [0.15, 0.2) is 0 Å². The van der Waals surface area contributed by atoms with Crippen LogP contribution in [0.2, 0.25) is 0 Å². The van der Waals surface area contributed by atoms with Crippen molar-refractivity contribution >= 4 is 11.7 Å². The van der Waals surface area contributed by atoms with Crippen LogP contribution in [0.15, 0.2) is 12.3 Å². The van der Waals surface area contributed by atoms with Gasteiger partial charge in [0, 0.05) is 24.5 Å². The van der Waals surface area contributed by atoms with Crippen LogP contribution >= 0.6 is 0 Å². The van der Waals surface area contributed by atoms with Crippen LogP contribution in [0.25, 0.3) is 0 Å². The first-order chi connectivity index (χ1) is 9.06. The summed E-state index contributed by atoms with van der Waals surface area (Å²) in [5.74, 6) is -0.941. The summed E-state index contributed by atoms with van der Waals surface area (Å²) in [4.78, 5) is 17.6. The molecule has 1 unspecified atom stereocenters. The van der Waals surface area contributed by atoms with Crippen LogP contribution in [0, 0.1) is 6.92 Å². The average Bonchev–Trinajstić information content (AvgIpc) is 2.81. The van der Waals surface area contributed by atoms with Crippen molar-refractivity contribution in [1.29, 1.82) is 0 Å². The maximum atomic E-state index is 11.2. The van der Waals surface area contributed by atoms with Crippen molar-refractivity contribution in [3.05, 3.63) is 23.5 Å². The predicted molar refractivity (Wildman–Crippen MR) is 74.7 cm³/mol. The van der Waals surface area contributed by atoms with Gasteiger partial charge in [0.25, 0.3) is 0 Å².